The lowest BCUT2D eigenvalue weighted by Crippen LogP contribution is -1.99. The van der Waals surface area contributed by atoms with Gasteiger partial charge in [0.15, 0.2) is 0 Å². The molecule has 0 saturated heterocycles. The van der Waals surface area contributed by atoms with Crippen LogP contribution >= 0.6 is 0 Å². The molecule has 0 atom stereocenters. The van der Waals surface area contributed by atoms with Crippen LogP contribution in [0.3, 0.4) is 0 Å². The molecule has 0 unspecified atom stereocenters. The van der Waals surface area contributed by atoms with Crippen molar-refractivity contribution in [3.8, 4) is 5.75 Å². The maximum absolute atomic E-state index is 11.3. The van der Waals surface area contributed by atoms with Crippen molar-refractivity contribution in [2.75, 3.05) is 6.61 Å². The SMILES string of the molecule is CC(C)=CCCC(C)=CCC=C(C)COc1ccc2ccc(=O)oc2c1. The first kappa shape index (κ1) is 19.8. The summed E-state index contributed by atoms with van der Waals surface area (Å²) < 4.78 is 11.0. The van der Waals surface area contributed by atoms with Crippen molar-refractivity contribution in [1.82, 2.24) is 0 Å². The highest BCUT2D eigenvalue weighted by molar-refractivity contribution is 5.77. The van der Waals surface area contributed by atoms with Crippen LogP contribution in [0.25, 0.3) is 11.0 Å². The highest BCUT2D eigenvalue weighted by Gasteiger charge is 2.01. The monoisotopic (exact) mass is 352 g/mol. The molecule has 1 heterocycles. The average molecular weight is 352 g/mol. The van der Waals surface area contributed by atoms with Crippen LogP contribution in [0.5, 0.6) is 5.75 Å². The minimum atomic E-state index is -0.350. The molecule has 3 nitrogen and oxygen atoms in total. The Morgan fingerprint density at radius 3 is 2.50 bits per heavy atom. The summed E-state index contributed by atoms with van der Waals surface area (Å²) in [5.41, 5.74) is 4.16. The molecule has 2 aromatic rings. The van der Waals surface area contributed by atoms with Crippen molar-refractivity contribution in [2.24, 2.45) is 0 Å². The lowest BCUT2D eigenvalue weighted by molar-refractivity contribution is 0.351. The van der Waals surface area contributed by atoms with Gasteiger partial charge in [-0.05, 0) is 70.7 Å². The predicted molar refractivity (Wildman–Crippen MR) is 109 cm³/mol. The maximum atomic E-state index is 11.3. The summed E-state index contributed by atoms with van der Waals surface area (Å²) in [6.45, 7) is 9.03. The molecule has 138 valence electrons. The van der Waals surface area contributed by atoms with Crippen LogP contribution in [0.1, 0.15) is 47.0 Å². The van der Waals surface area contributed by atoms with E-state index in [9.17, 15) is 4.79 Å². The second-order valence-corrected chi connectivity index (χ2v) is 6.90. The molecule has 0 aliphatic heterocycles. The van der Waals surface area contributed by atoms with Crippen molar-refractivity contribution in [3.05, 3.63) is 75.7 Å². The molecule has 3 heteroatoms. The lowest BCUT2D eigenvalue weighted by atomic mass is 10.1. The van der Waals surface area contributed by atoms with Gasteiger partial charge in [-0.15, -0.1) is 0 Å². The van der Waals surface area contributed by atoms with E-state index in [0.717, 1.165) is 24.6 Å². The largest absolute Gasteiger partial charge is 0.489 e. The summed E-state index contributed by atoms with van der Waals surface area (Å²) in [5.74, 6) is 0.702. The third-order valence-electron chi connectivity index (χ3n) is 4.08. The van der Waals surface area contributed by atoms with E-state index in [1.165, 1.54) is 22.8 Å². The van der Waals surface area contributed by atoms with E-state index >= 15 is 0 Å². The molecule has 1 aromatic heterocycles. The number of ether oxygens (including phenoxy) is 1. The first-order chi connectivity index (χ1) is 12.4. The van der Waals surface area contributed by atoms with Crippen molar-refractivity contribution in [2.45, 2.75) is 47.0 Å². The van der Waals surface area contributed by atoms with Crippen LogP contribution in [-0.2, 0) is 0 Å². The number of fused-ring (bicyclic) bond motifs is 1. The summed E-state index contributed by atoms with van der Waals surface area (Å²) in [5, 5.41) is 0.887. The number of benzene rings is 1. The van der Waals surface area contributed by atoms with E-state index in [-0.39, 0.29) is 5.63 Å². The summed E-state index contributed by atoms with van der Waals surface area (Å²) in [6, 6.07) is 8.72. The second-order valence-electron chi connectivity index (χ2n) is 6.90. The Kier molecular flexibility index (Phi) is 7.46. The van der Waals surface area contributed by atoms with E-state index in [4.69, 9.17) is 9.15 Å². The number of allylic oxidation sites excluding steroid dienone is 5. The highest BCUT2D eigenvalue weighted by Crippen LogP contribution is 2.20. The van der Waals surface area contributed by atoms with Gasteiger partial charge in [-0.1, -0.05) is 29.4 Å². The molecular weight excluding hydrogens is 324 g/mol. The zero-order valence-electron chi connectivity index (χ0n) is 16.2. The van der Waals surface area contributed by atoms with E-state index in [0.29, 0.717) is 17.9 Å². The van der Waals surface area contributed by atoms with Crippen LogP contribution in [0.15, 0.2) is 74.5 Å². The summed E-state index contributed by atoms with van der Waals surface area (Å²) >= 11 is 0. The predicted octanol–water partition coefficient (Wildman–Crippen LogP) is 6.20. The van der Waals surface area contributed by atoms with Gasteiger partial charge in [0.05, 0.1) is 0 Å². The average Bonchev–Trinajstić information content (AvgIpc) is 2.59. The van der Waals surface area contributed by atoms with E-state index in [1.54, 1.807) is 12.1 Å². The summed E-state index contributed by atoms with van der Waals surface area (Å²) in [7, 11) is 0. The Morgan fingerprint density at radius 1 is 1.00 bits per heavy atom. The van der Waals surface area contributed by atoms with E-state index in [2.05, 4.69) is 45.9 Å². The highest BCUT2D eigenvalue weighted by atomic mass is 16.5. The van der Waals surface area contributed by atoms with Gasteiger partial charge in [0, 0.05) is 17.5 Å². The quantitative estimate of drug-likeness (QED) is 0.419. The van der Waals surface area contributed by atoms with E-state index < -0.39 is 0 Å². The Morgan fingerprint density at radius 2 is 1.73 bits per heavy atom. The molecule has 0 aliphatic rings. The molecule has 1 aromatic carbocycles. The molecule has 2 rings (SSSR count). The fourth-order valence-corrected chi connectivity index (χ4v) is 2.54. The van der Waals surface area contributed by atoms with Gasteiger partial charge < -0.3 is 9.15 Å². The Labute approximate surface area is 155 Å². The molecule has 0 bridgehead atoms. The molecule has 26 heavy (non-hydrogen) atoms. The van der Waals surface area contributed by atoms with Crippen LogP contribution in [-0.4, -0.2) is 6.61 Å². The fourth-order valence-electron chi connectivity index (χ4n) is 2.54. The molecule has 0 radical (unpaired) electrons. The van der Waals surface area contributed by atoms with Crippen molar-refractivity contribution >= 4 is 11.0 Å². The van der Waals surface area contributed by atoms with Gasteiger partial charge in [-0.2, -0.15) is 0 Å². The zero-order valence-corrected chi connectivity index (χ0v) is 16.2. The second kappa shape index (κ2) is 9.81. The Bertz CT molecular complexity index is 878. The molecule has 0 N–H and O–H groups in total. The van der Waals surface area contributed by atoms with Crippen molar-refractivity contribution < 1.29 is 9.15 Å². The third kappa shape index (κ3) is 6.75. The first-order valence-electron chi connectivity index (χ1n) is 9.05. The minimum absolute atomic E-state index is 0.350. The summed E-state index contributed by atoms with van der Waals surface area (Å²) in [4.78, 5) is 11.3. The normalized spacial score (nSPS) is 12.3. The smallest absolute Gasteiger partial charge is 0.336 e. The van der Waals surface area contributed by atoms with Gasteiger partial charge in [-0.3, -0.25) is 0 Å². The molecule has 0 fully saturated rings. The van der Waals surface area contributed by atoms with Gasteiger partial charge in [0.1, 0.15) is 17.9 Å². The number of rotatable bonds is 8. The van der Waals surface area contributed by atoms with Crippen LogP contribution < -0.4 is 10.4 Å². The molecule has 0 spiro atoms. The van der Waals surface area contributed by atoms with Crippen LogP contribution in [0, 0.1) is 0 Å². The maximum Gasteiger partial charge on any atom is 0.336 e. The van der Waals surface area contributed by atoms with Crippen molar-refractivity contribution in [3.63, 3.8) is 0 Å². The van der Waals surface area contributed by atoms with Crippen LogP contribution in [0.4, 0.5) is 0 Å². The van der Waals surface area contributed by atoms with E-state index in [1.807, 2.05) is 12.1 Å². The topological polar surface area (TPSA) is 39.4 Å². The Hall–Kier alpha value is -2.55. The van der Waals surface area contributed by atoms with Gasteiger partial charge in [0.25, 0.3) is 0 Å². The number of hydrogen-bond donors (Lipinski definition) is 0. The lowest BCUT2D eigenvalue weighted by Gasteiger charge is -2.07. The Balaban J connectivity index is 1.85. The number of hydrogen-bond acceptors (Lipinski definition) is 3. The zero-order chi connectivity index (χ0) is 18.9. The molecule has 0 saturated carbocycles. The molecular formula is C23H28O3. The first-order valence-corrected chi connectivity index (χ1v) is 9.05. The standard InChI is InChI=1S/C23H28O3/c1-17(2)7-5-8-18(3)9-6-10-19(4)16-25-21-13-11-20-12-14-23(24)26-22(20)15-21/h7,9-15H,5-6,8,16H2,1-4H3. The van der Waals surface area contributed by atoms with Gasteiger partial charge in [0.2, 0.25) is 0 Å². The van der Waals surface area contributed by atoms with Gasteiger partial charge in [-0.25, -0.2) is 4.79 Å². The van der Waals surface area contributed by atoms with Crippen LogP contribution in [0.2, 0.25) is 0 Å². The third-order valence-corrected chi connectivity index (χ3v) is 4.08. The molecule has 0 amide bonds. The van der Waals surface area contributed by atoms with Gasteiger partial charge >= 0.3 is 5.63 Å². The van der Waals surface area contributed by atoms with Crippen molar-refractivity contribution in [1.29, 1.82) is 0 Å². The fraction of sp³-hybridized carbons (Fsp3) is 0.348. The summed E-state index contributed by atoms with van der Waals surface area (Å²) in [6.07, 6.45) is 9.87. The minimum Gasteiger partial charge on any atom is -0.489 e. The molecule has 0 aliphatic carbocycles.